The van der Waals surface area contributed by atoms with Crippen LogP contribution in [0.25, 0.3) is 0 Å². The minimum absolute atomic E-state index is 0.749. The summed E-state index contributed by atoms with van der Waals surface area (Å²) >= 11 is 0. The van der Waals surface area contributed by atoms with Crippen molar-refractivity contribution in [1.29, 1.82) is 0 Å². The minimum Gasteiger partial charge on any atom is -0.399 e. The van der Waals surface area contributed by atoms with E-state index in [4.69, 9.17) is 17.2 Å². The molecule has 4 heteroatoms. The molecule has 0 fully saturated rings. The molecule has 33 heavy (non-hydrogen) atoms. The van der Waals surface area contributed by atoms with E-state index in [2.05, 4.69) is 43.9 Å². The van der Waals surface area contributed by atoms with Crippen molar-refractivity contribution >= 4 is 22.7 Å². The Morgan fingerprint density at radius 1 is 0.576 bits per heavy atom. The first kappa shape index (κ1) is 28.7. The molecule has 186 valence electrons. The predicted molar refractivity (Wildman–Crippen MR) is 150 cm³/mol. The number of unbranched alkanes of at least 4 members (excludes halogenated alkanes) is 10. The van der Waals surface area contributed by atoms with E-state index in [-0.39, 0.29) is 0 Å². The molecule has 6 N–H and O–H groups in total. The van der Waals surface area contributed by atoms with Gasteiger partial charge in [0, 0.05) is 35.8 Å². The molecule has 0 atom stereocenters. The van der Waals surface area contributed by atoms with Gasteiger partial charge in [-0.25, -0.2) is 0 Å². The minimum atomic E-state index is 0.749. The molecule has 2 rings (SSSR count). The monoisotopic (exact) mass is 454 g/mol. The summed E-state index contributed by atoms with van der Waals surface area (Å²) in [6.07, 6.45) is 16.3. The van der Waals surface area contributed by atoms with Gasteiger partial charge in [-0.05, 0) is 67.8 Å². The van der Waals surface area contributed by atoms with Crippen molar-refractivity contribution in [2.45, 2.75) is 97.8 Å². The molecular weight excluding hydrogens is 404 g/mol. The molecule has 0 aliphatic heterocycles. The van der Waals surface area contributed by atoms with Gasteiger partial charge >= 0.3 is 0 Å². The molecule has 0 radical (unpaired) electrons. The van der Waals surface area contributed by atoms with Gasteiger partial charge in [-0.1, -0.05) is 78.1 Å². The molecule has 0 aliphatic carbocycles. The van der Waals surface area contributed by atoms with Crippen LogP contribution in [-0.2, 0) is 0 Å². The Labute approximate surface area is 203 Å². The Kier molecular flexibility index (Phi) is 15.7. The van der Waals surface area contributed by atoms with Crippen LogP contribution in [0, 0.1) is 6.92 Å². The second kappa shape index (κ2) is 18.1. The third-order valence-electron chi connectivity index (χ3n) is 6.12. The Morgan fingerprint density at radius 3 is 1.42 bits per heavy atom. The van der Waals surface area contributed by atoms with Crippen molar-refractivity contribution in [3.63, 3.8) is 0 Å². The average molecular weight is 455 g/mol. The van der Waals surface area contributed by atoms with Crippen LogP contribution in [0.2, 0.25) is 0 Å². The molecule has 0 heterocycles. The number of nitrogens with zero attached hydrogens (tertiary/aromatic N) is 1. The fourth-order valence-electron chi connectivity index (χ4n) is 3.89. The maximum absolute atomic E-state index is 6.01. The van der Waals surface area contributed by atoms with Crippen LogP contribution in [0.3, 0.4) is 0 Å². The Hall–Kier alpha value is -2.36. The number of hydrogen-bond acceptors (Lipinski definition) is 4. The summed E-state index contributed by atoms with van der Waals surface area (Å²) in [5, 5.41) is 0. The molecule has 0 aliphatic rings. The summed E-state index contributed by atoms with van der Waals surface area (Å²) < 4.78 is 0. The first-order valence-corrected chi connectivity index (χ1v) is 13.2. The Balaban J connectivity index is 0.000000568. The number of anilines is 4. The maximum Gasteiger partial charge on any atom is 0.0370 e. The van der Waals surface area contributed by atoms with Gasteiger partial charge in [-0.3, -0.25) is 0 Å². The number of nitrogens with two attached hydrogens (primary N) is 3. The highest BCUT2D eigenvalue weighted by molar-refractivity contribution is 5.58. The number of aryl methyl sites for hydroxylation is 1. The van der Waals surface area contributed by atoms with Crippen molar-refractivity contribution in [3.8, 4) is 0 Å². The van der Waals surface area contributed by atoms with E-state index in [1.165, 1.54) is 101 Å². The summed E-state index contributed by atoms with van der Waals surface area (Å²) in [7, 11) is 0. The van der Waals surface area contributed by atoms with Crippen molar-refractivity contribution in [1.82, 2.24) is 0 Å². The number of hydrogen-bond donors (Lipinski definition) is 3. The van der Waals surface area contributed by atoms with Crippen molar-refractivity contribution in [3.05, 3.63) is 48.0 Å². The lowest BCUT2D eigenvalue weighted by atomic mass is 10.1. The van der Waals surface area contributed by atoms with Gasteiger partial charge in [-0.15, -0.1) is 0 Å². The summed E-state index contributed by atoms with van der Waals surface area (Å²) in [5.41, 5.74) is 21.7. The second-order valence-electron chi connectivity index (χ2n) is 9.23. The summed E-state index contributed by atoms with van der Waals surface area (Å²) in [5.74, 6) is 0. The molecule has 0 aromatic heterocycles. The Bertz CT molecular complexity index is 690. The van der Waals surface area contributed by atoms with Crippen molar-refractivity contribution in [2.75, 3.05) is 35.2 Å². The summed E-state index contributed by atoms with van der Waals surface area (Å²) in [6, 6.07) is 13.6. The average Bonchev–Trinajstić information content (AvgIpc) is 2.81. The van der Waals surface area contributed by atoms with Gasteiger partial charge in [0.1, 0.15) is 0 Å². The van der Waals surface area contributed by atoms with E-state index >= 15 is 0 Å². The highest BCUT2D eigenvalue weighted by Crippen LogP contribution is 2.22. The summed E-state index contributed by atoms with van der Waals surface area (Å²) in [6.45, 7) is 9.05. The van der Waals surface area contributed by atoms with E-state index in [1.54, 1.807) is 24.3 Å². The van der Waals surface area contributed by atoms with E-state index < -0.39 is 0 Å². The fourth-order valence-corrected chi connectivity index (χ4v) is 3.89. The van der Waals surface area contributed by atoms with Crippen LogP contribution in [0.15, 0.2) is 42.5 Å². The summed E-state index contributed by atoms with van der Waals surface area (Å²) in [4.78, 5) is 2.59. The van der Waals surface area contributed by atoms with E-state index in [9.17, 15) is 0 Å². The zero-order chi connectivity index (χ0) is 24.3. The second-order valence-corrected chi connectivity index (χ2v) is 9.23. The van der Waals surface area contributed by atoms with Gasteiger partial charge in [0.15, 0.2) is 0 Å². The molecule has 4 nitrogen and oxygen atoms in total. The standard InChI is InChI=1S/C23H42N2.C6H8N2/c1-4-6-8-10-12-14-18-25(19-15-13-11-9-7-5-2)22-16-17-23(24)21(3)20-22;7-5-1-2-6(8)4-3-5/h16-17,20H,4-15,18-19,24H2,1-3H3;1-4H,7-8H2. The SMILES string of the molecule is CCCCCCCCN(CCCCCCCC)c1ccc(N)c(C)c1.Nc1ccc(N)cc1. The van der Waals surface area contributed by atoms with E-state index in [0.717, 1.165) is 17.1 Å². The largest absolute Gasteiger partial charge is 0.399 e. The lowest BCUT2D eigenvalue weighted by Crippen LogP contribution is -2.25. The van der Waals surface area contributed by atoms with Crippen molar-refractivity contribution in [2.24, 2.45) is 0 Å². The lowest BCUT2D eigenvalue weighted by molar-refractivity contribution is 0.575. The molecule has 0 saturated heterocycles. The molecule has 2 aromatic rings. The van der Waals surface area contributed by atoms with E-state index in [0.29, 0.717) is 0 Å². The van der Waals surface area contributed by atoms with Crippen LogP contribution in [-0.4, -0.2) is 13.1 Å². The number of nitrogen functional groups attached to an aromatic ring is 3. The Morgan fingerprint density at radius 2 is 1.00 bits per heavy atom. The van der Waals surface area contributed by atoms with E-state index in [1.807, 2.05) is 0 Å². The van der Waals surface area contributed by atoms with Crippen LogP contribution >= 0.6 is 0 Å². The van der Waals surface area contributed by atoms with Gasteiger partial charge in [0.2, 0.25) is 0 Å². The lowest BCUT2D eigenvalue weighted by Gasteiger charge is -2.26. The molecule has 2 aromatic carbocycles. The fraction of sp³-hybridized carbons (Fsp3) is 0.586. The van der Waals surface area contributed by atoms with Gasteiger partial charge in [0.25, 0.3) is 0 Å². The highest BCUT2D eigenvalue weighted by Gasteiger charge is 2.08. The van der Waals surface area contributed by atoms with Crippen LogP contribution < -0.4 is 22.1 Å². The number of benzene rings is 2. The van der Waals surface area contributed by atoms with Crippen LogP contribution in [0.5, 0.6) is 0 Å². The van der Waals surface area contributed by atoms with Gasteiger partial charge in [-0.2, -0.15) is 0 Å². The highest BCUT2D eigenvalue weighted by atomic mass is 15.1. The molecule has 0 bridgehead atoms. The first-order valence-electron chi connectivity index (χ1n) is 13.2. The predicted octanol–water partition coefficient (Wildman–Crippen LogP) is 7.96. The van der Waals surface area contributed by atoms with Crippen molar-refractivity contribution < 1.29 is 0 Å². The number of rotatable bonds is 15. The van der Waals surface area contributed by atoms with Gasteiger partial charge < -0.3 is 22.1 Å². The third-order valence-corrected chi connectivity index (χ3v) is 6.12. The van der Waals surface area contributed by atoms with Gasteiger partial charge in [0.05, 0.1) is 0 Å². The van der Waals surface area contributed by atoms with Crippen LogP contribution in [0.1, 0.15) is 96.5 Å². The maximum atomic E-state index is 6.01. The molecule has 0 saturated carbocycles. The zero-order valence-corrected chi connectivity index (χ0v) is 21.6. The zero-order valence-electron chi connectivity index (χ0n) is 21.6. The first-order chi connectivity index (χ1) is 16.0. The molecular formula is C29H50N4. The normalized spacial score (nSPS) is 10.5. The molecule has 0 unspecified atom stereocenters. The molecule has 0 amide bonds. The smallest absolute Gasteiger partial charge is 0.0370 e. The topological polar surface area (TPSA) is 81.3 Å². The third kappa shape index (κ3) is 13.7. The quantitative estimate of drug-likeness (QED) is 0.188. The van der Waals surface area contributed by atoms with Crippen LogP contribution in [0.4, 0.5) is 22.7 Å². The molecule has 0 spiro atoms.